The van der Waals surface area contributed by atoms with Gasteiger partial charge in [0.1, 0.15) is 5.82 Å². The van der Waals surface area contributed by atoms with Crippen LogP contribution in [-0.4, -0.2) is 30.8 Å². The Hall–Kier alpha value is -0.890. The molecule has 0 radical (unpaired) electrons. The summed E-state index contributed by atoms with van der Waals surface area (Å²) in [5, 5.41) is 6.73. The van der Waals surface area contributed by atoms with Crippen LogP contribution in [0.15, 0.2) is 29.3 Å². The standard InChI is InChI=1S/C16H22FN3O.HI/c1-2-18-16(19-10-11-3-5-12(17)6-4-11)20-14-9-13-7-8-15(14)21-13;/h3-6,13-15H,2,7-10H2,1H3,(H2,18,19,20);1H. The average Bonchev–Trinajstić information content (AvgIpc) is 3.09. The molecule has 2 heterocycles. The van der Waals surface area contributed by atoms with E-state index in [4.69, 9.17) is 4.74 Å². The van der Waals surface area contributed by atoms with Gasteiger partial charge in [0.2, 0.25) is 0 Å². The monoisotopic (exact) mass is 419 g/mol. The third-order valence-corrected chi connectivity index (χ3v) is 4.11. The highest BCUT2D eigenvalue weighted by Gasteiger charge is 2.41. The van der Waals surface area contributed by atoms with Crippen LogP contribution >= 0.6 is 24.0 Å². The third kappa shape index (κ3) is 4.32. The number of rotatable bonds is 4. The molecule has 2 fully saturated rings. The molecular formula is C16H23FIN3O. The van der Waals surface area contributed by atoms with E-state index in [1.165, 1.54) is 18.6 Å². The second kappa shape index (κ2) is 8.10. The maximum absolute atomic E-state index is 12.9. The summed E-state index contributed by atoms with van der Waals surface area (Å²) >= 11 is 0. The van der Waals surface area contributed by atoms with Gasteiger partial charge in [0.05, 0.1) is 24.8 Å². The molecule has 1 aromatic rings. The maximum atomic E-state index is 12.9. The normalized spacial score (nSPS) is 26.6. The minimum Gasteiger partial charge on any atom is -0.373 e. The van der Waals surface area contributed by atoms with Gasteiger partial charge in [0.15, 0.2) is 5.96 Å². The summed E-state index contributed by atoms with van der Waals surface area (Å²) in [4.78, 5) is 4.58. The van der Waals surface area contributed by atoms with Gasteiger partial charge in [-0.15, -0.1) is 24.0 Å². The van der Waals surface area contributed by atoms with Gasteiger partial charge in [-0.3, -0.25) is 0 Å². The first-order chi connectivity index (χ1) is 10.2. The fourth-order valence-corrected chi connectivity index (χ4v) is 3.05. The SMILES string of the molecule is CCNC(=NCc1ccc(F)cc1)NC1CC2CCC1O2.I. The Labute approximate surface area is 147 Å². The van der Waals surface area contributed by atoms with Gasteiger partial charge < -0.3 is 15.4 Å². The van der Waals surface area contributed by atoms with Gasteiger partial charge in [0.25, 0.3) is 0 Å². The van der Waals surface area contributed by atoms with Gasteiger partial charge in [-0.2, -0.15) is 0 Å². The van der Waals surface area contributed by atoms with Crippen molar-refractivity contribution < 1.29 is 9.13 Å². The molecule has 2 N–H and O–H groups in total. The van der Waals surface area contributed by atoms with Crippen LogP contribution in [0.4, 0.5) is 4.39 Å². The van der Waals surface area contributed by atoms with Crippen LogP contribution in [0.2, 0.25) is 0 Å². The summed E-state index contributed by atoms with van der Waals surface area (Å²) in [7, 11) is 0. The van der Waals surface area contributed by atoms with Crippen LogP contribution in [-0.2, 0) is 11.3 Å². The first-order valence-electron chi connectivity index (χ1n) is 7.69. The lowest BCUT2D eigenvalue weighted by molar-refractivity contribution is 0.0992. The largest absolute Gasteiger partial charge is 0.373 e. The summed E-state index contributed by atoms with van der Waals surface area (Å²) in [6, 6.07) is 6.82. The van der Waals surface area contributed by atoms with E-state index in [1.54, 1.807) is 12.1 Å². The minimum absolute atomic E-state index is 0. The van der Waals surface area contributed by atoms with Crippen molar-refractivity contribution in [1.29, 1.82) is 0 Å². The number of aliphatic imine (C=N–C) groups is 1. The lowest BCUT2D eigenvalue weighted by Crippen LogP contribution is -2.47. The molecule has 6 heteroatoms. The molecule has 0 spiro atoms. The minimum atomic E-state index is -0.216. The summed E-state index contributed by atoms with van der Waals surface area (Å²) in [6.07, 6.45) is 4.13. The van der Waals surface area contributed by atoms with Gasteiger partial charge >= 0.3 is 0 Å². The van der Waals surface area contributed by atoms with Gasteiger partial charge in [-0.05, 0) is 43.9 Å². The number of fused-ring (bicyclic) bond motifs is 2. The molecule has 1 aromatic carbocycles. The number of hydrogen-bond acceptors (Lipinski definition) is 2. The smallest absolute Gasteiger partial charge is 0.191 e. The average molecular weight is 419 g/mol. The van der Waals surface area contributed by atoms with E-state index in [9.17, 15) is 4.39 Å². The van der Waals surface area contributed by atoms with Gasteiger partial charge in [-0.25, -0.2) is 9.38 Å². The Bertz CT molecular complexity index is 509. The number of halogens is 2. The fourth-order valence-electron chi connectivity index (χ4n) is 3.05. The predicted octanol–water partition coefficient (Wildman–Crippen LogP) is 2.82. The van der Waals surface area contributed by atoms with Crippen LogP contribution in [0.1, 0.15) is 31.7 Å². The highest BCUT2D eigenvalue weighted by atomic mass is 127. The van der Waals surface area contributed by atoms with Crippen molar-refractivity contribution in [1.82, 2.24) is 10.6 Å². The Kier molecular flexibility index (Phi) is 6.43. The zero-order valence-electron chi connectivity index (χ0n) is 12.7. The Morgan fingerprint density at radius 3 is 2.68 bits per heavy atom. The van der Waals surface area contributed by atoms with E-state index in [-0.39, 0.29) is 29.8 Å². The van der Waals surface area contributed by atoms with Crippen molar-refractivity contribution >= 4 is 29.9 Å². The topological polar surface area (TPSA) is 45.7 Å². The zero-order valence-corrected chi connectivity index (χ0v) is 15.0. The van der Waals surface area contributed by atoms with Gasteiger partial charge in [-0.1, -0.05) is 12.1 Å². The molecule has 0 aromatic heterocycles. The number of benzene rings is 1. The molecule has 0 amide bonds. The molecule has 22 heavy (non-hydrogen) atoms. The van der Waals surface area contributed by atoms with Crippen molar-refractivity contribution in [3.05, 3.63) is 35.6 Å². The number of guanidine groups is 1. The molecule has 2 bridgehead atoms. The Morgan fingerprint density at radius 2 is 2.09 bits per heavy atom. The number of nitrogens with one attached hydrogen (secondary N) is 2. The van der Waals surface area contributed by atoms with Gasteiger partial charge in [0, 0.05) is 6.54 Å². The van der Waals surface area contributed by atoms with E-state index in [2.05, 4.69) is 15.6 Å². The summed E-state index contributed by atoms with van der Waals surface area (Å²) in [5.74, 6) is 0.592. The summed E-state index contributed by atoms with van der Waals surface area (Å²) in [5.41, 5.74) is 0.998. The third-order valence-electron chi connectivity index (χ3n) is 4.11. The molecule has 3 rings (SSSR count). The fraction of sp³-hybridized carbons (Fsp3) is 0.562. The van der Waals surface area contributed by atoms with Crippen molar-refractivity contribution in [3.8, 4) is 0 Å². The molecule has 0 aliphatic carbocycles. The first-order valence-corrected chi connectivity index (χ1v) is 7.69. The molecule has 3 atom stereocenters. The van der Waals surface area contributed by atoms with E-state index in [0.29, 0.717) is 24.8 Å². The van der Waals surface area contributed by atoms with E-state index in [0.717, 1.165) is 30.9 Å². The molecule has 2 aliphatic rings. The zero-order chi connectivity index (χ0) is 14.7. The van der Waals surface area contributed by atoms with Crippen molar-refractivity contribution in [3.63, 3.8) is 0 Å². The van der Waals surface area contributed by atoms with Crippen LogP contribution < -0.4 is 10.6 Å². The Balaban J connectivity index is 0.00000176. The molecule has 2 saturated heterocycles. The predicted molar refractivity (Wildman–Crippen MR) is 96.1 cm³/mol. The van der Waals surface area contributed by atoms with E-state index < -0.39 is 0 Å². The van der Waals surface area contributed by atoms with Crippen molar-refractivity contribution in [2.24, 2.45) is 4.99 Å². The van der Waals surface area contributed by atoms with Crippen LogP contribution in [0, 0.1) is 5.82 Å². The highest BCUT2D eigenvalue weighted by Crippen LogP contribution is 2.34. The molecule has 2 aliphatic heterocycles. The molecule has 122 valence electrons. The van der Waals surface area contributed by atoms with Crippen LogP contribution in [0.25, 0.3) is 0 Å². The molecule has 3 unspecified atom stereocenters. The maximum Gasteiger partial charge on any atom is 0.191 e. The van der Waals surface area contributed by atoms with Crippen LogP contribution in [0.5, 0.6) is 0 Å². The quantitative estimate of drug-likeness (QED) is 0.448. The number of hydrogen-bond donors (Lipinski definition) is 2. The van der Waals surface area contributed by atoms with E-state index >= 15 is 0 Å². The molecule has 0 saturated carbocycles. The second-order valence-electron chi connectivity index (χ2n) is 5.68. The molecule has 4 nitrogen and oxygen atoms in total. The van der Waals surface area contributed by atoms with E-state index in [1.807, 2.05) is 6.92 Å². The molecular weight excluding hydrogens is 396 g/mol. The highest BCUT2D eigenvalue weighted by molar-refractivity contribution is 14.0. The summed E-state index contributed by atoms with van der Waals surface area (Å²) < 4.78 is 18.7. The second-order valence-corrected chi connectivity index (χ2v) is 5.68. The lowest BCUT2D eigenvalue weighted by Gasteiger charge is -2.22. The Morgan fingerprint density at radius 1 is 1.32 bits per heavy atom. The van der Waals surface area contributed by atoms with Crippen LogP contribution in [0.3, 0.4) is 0 Å². The number of ether oxygens (including phenoxy) is 1. The van der Waals surface area contributed by atoms with Crippen molar-refractivity contribution in [2.75, 3.05) is 6.54 Å². The first kappa shape index (κ1) is 17.5. The number of nitrogens with zero attached hydrogens (tertiary/aromatic N) is 1. The van der Waals surface area contributed by atoms with Crippen molar-refractivity contribution in [2.45, 2.75) is 51.0 Å². The summed E-state index contributed by atoms with van der Waals surface area (Å²) in [6.45, 7) is 3.40. The lowest BCUT2D eigenvalue weighted by atomic mass is 9.96.